The van der Waals surface area contributed by atoms with Crippen molar-refractivity contribution >= 4 is 62.8 Å². The maximum absolute atomic E-state index is 16.0. The fourth-order valence-corrected chi connectivity index (χ4v) is 7.92. The van der Waals surface area contributed by atoms with Crippen molar-refractivity contribution < 1.29 is 50.2 Å². The fourth-order valence-electron chi connectivity index (χ4n) is 5.55. The Morgan fingerprint density at radius 1 is 1.02 bits per heavy atom. The topological polar surface area (TPSA) is 273 Å². The second-order valence-electron chi connectivity index (χ2n) is 10.2. The van der Waals surface area contributed by atoms with Crippen LogP contribution in [0.3, 0.4) is 0 Å². The first-order valence-corrected chi connectivity index (χ1v) is 16.9. The zero-order valence-corrected chi connectivity index (χ0v) is 24.7. The molecule has 0 amide bonds. The van der Waals surface area contributed by atoms with E-state index in [0.29, 0.717) is 0 Å². The van der Waals surface area contributed by atoms with Crippen LogP contribution < -0.4 is 21.1 Å². The van der Waals surface area contributed by atoms with Crippen molar-refractivity contribution in [1.82, 2.24) is 43.8 Å². The summed E-state index contributed by atoms with van der Waals surface area (Å²) in [5, 5.41) is 0. The van der Waals surface area contributed by atoms with E-state index in [9.17, 15) is 13.3 Å². The number of anilines is 2. The molecule has 0 aromatic carbocycles. The highest BCUT2D eigenvalue weighted by Gasteiger charge is 2.68. The molecule has 45 heavy (non-hydrogen) atoms. The lowest BCUT2D eigenvalue weighted by atomic mass is 10.1. The lowest BCUT2D eigenvalue weighted by Gasteiger charge is -2.36. The van der Waals surface area contributed by atoms with Gasteiger partial charge in [-0.15, -0.1) is 0 Å². The number of nitrogens with zero attached hydrogens (tertiary/aromatic N) is 8. The third-order valence-corrected chi connectivity index (χ3v) is 10.1. The summed E-state index contributed by atoms with van der Waals surface area (Å²) in [6.45, 7) is -6.00. The average Bonchev–Trinajstić information content (AvgIpc) is 3.80. The molecule has 1 unspecified atom stereocenters. The summed E-state index contributed by atoms with van der Waals surface area (Å²) < 4.78 is 75.4. The average molecular weight is 689 g/mol. The van der Waals surface area contributed by atoms with Gasteiger partial charge in [-0.05, 0) is 0 Å². The minimum Gasteiger partial charge on any atom is -0.780 e. The van der Waals surface area contributed by atoms with Gasteiger partial charge in [0.15, 0.2) is 53.8 Å². The van der Waals surface area contributed by atoms with Gasteiger partial charge >= 0.3 is 10.3 Å². The molecule has 0 radical (unpaired) electrons. The summed E-state index contributed by atoms with van der Waals surface area (Å²) in [5.74, 6) is -2.02. The molecular weight excluding hydrogens is 668 g/mol. The zero-order chi connectivity index (χ0) is 31.3. The van der Waals surface area contributed by atoms with Crippen molar-refractivity contribution in [2.24, 2.45) is 0 Å². The van der Waals surface area contributed by atoms with E-state index in [1.807, 2.05) is 0 Å². The molecule has 240 valence electrons. The molecule has 25 heteroatoms. The van der Waals surface area contributed by atoms with Crippen LogP contribution in [-0.4, -0.2) is 97.0 Å². The number of hydrogen-bond donors (Lipinski definition) is 3. The molecule has 0 spiro atoms. The Morgan fingerprint density at radius 3 is 2.33 bits per heavy atom. The highest BCUT2D eigenvalue weighted by Crippen LogP contribution is 2.53. The van der Waals surface area contributed by atoms with Crippen LogP contribution in [0.25, 0.3) is 22.3 Å². The minimum atomic E-state index is -4.66. The molecule has 4 aliphatic heterocycles. The largest absolute Gasteiger partial charge is 0.780 e. The second-order valence-corrected chi connectivity index (χ2v) is 14.3. The number of aromatic nitrogens is 8. The third-order valence-electron chi connectivity index (χ3n) is 7.59. The van der Waals surface area contributed by atoms with Crippen molar-refractivity contribution in [2.45, 2.75) is 48.8 Å². The number of nitrogen functional groups attached to an aromatic ring is 2. The Morgan fingerprint density at radius 2 is 1.67 bits per heavy atom. The van der Waals surface area contributed by atoms with Gasteiger partial charge in [0.25, 0.3) is 5.79 Å². The van der Waals surface area contributed by atoms with Crippen LogP contribution in [0.2, 0.25) is 0 Å². The number of ether oxygens (including phenoxy) is 2. The predicted octanol–water partition coefficient (Wildman–Crippen LogP) is -2.16. The molecule has 0 saturated carbocycles. The van der Waals surface area contributed by atoms with Crippen molar-refractivity contribution in [2.75, 3.05) is 24.6 Å². The molecule has 21 nitrogen and oxygen atoms in total. The highest BCUT2D eigenvalue weighted by atomic mass is 32.5. The van der Waals surface area contributed by atoms with E-state index < -0.39 is 79.0 Å². The van der Waals surface area contributed by atoms with E-state index in [1.165, 1.54) is 28.1 Å². The van der Waals surface area contributed by atoms with Crippen LogP contribution in [0.4, 0.5) is 16.0 Å². The van der Waals surface area contributed by atoms with Crippen molar-refractivity contribution in [1.29, 1.82) is 0 Å². The molecule has 2 bridgehead atoms. The monoisotopic (exact) mass is 688 g/mol. The zero-order valence-electron chi connectivity index (χ0n) is 22.2. The van der Waals surface area contributed by atoms with E-state index in [1.54, 1.807) is 0 Å². The van der Waals surface area contributed by atoms with Gasteiger partial charge < -0.3 is 34.9 Å². The second kappa shape index (κ2) is 10.2. The van der Waals surface area contributed by atoms with Crippen LogP contribution in [0.5, 0.6) is 0 Å². The number of nitrogens with two attached hydrogens (primary N) is 2. The Kier molecular flexibility index (Phi) is 6.63. The smallest absolute Gasteiger partial charge is 0.336 e. The number of imidazole rings is 2. The predicted molar refractivity (Wildman–Crippen MR) is 144 cm³/mol. The van der Waals surface area contributed by atoms with E-state index in [2.05, 4.69) is 34.6 Å². The molecule has 4 saturated heterocycles. The van der Waals surface area contributed by atoms with Crippen LogP contribution in [0.15, 0.2) is 25.3 Å². The van der Waals surface area contributed by atoms with Gasteiger partial charge in [-0.25, -0.2) is 43.4 Å². The van der Waals surface area contributed by atoms with Gasteiger partial charge in [-0.2, -0.15) is 18.0 Å². The van der Waals surface area contributed by atoms with Crippen molar-refractivity contribution in [3.05, 3.63) is 25.3 Å². The summed E-state index contributed by atoms with van der Waals surface area (Å²) in [7, 11) is -4.66. The maximum Gasteiger partial charge on any atom is 0.336 e. The first-order chi connectivity index (χ1) is 21.5. The van der Waals surface area contributed by atoms with Crippen LogP contribution in [0, 0.1) is 0 Å². The van der Waals surface area contributed by atoms with Crippen LogP contribution >= 0.6 is 6.72 Å². The van der Waals surface area contributed by atoms with Gasteiger partial charge in [0.2, 0.25) is 0 Å². The van der Waals surface area contributed by atoms with Crippen molar-refractivity contribution in [3.63, 3.8) is 0 Å². The molecule has 8 heterocycles. The summed E-state index contributed by atoms with van der Waals surface area (Å²) in [6.07, 6.45) is -5.70. The SMILES string of the molecule is Nc1ncnc2c1ncn2[C@@H]1O[C@@H]2CNS(=O)(=O)O[C@H]3[C@H]4OO[C@]3(COP([O-])(=S)O[C@H]2[C@H]1F)O[C@H]4n1cnc2c(N)ncnc21. The Balaban J connectivity index is 1.10. The van der Waals surface area contributed by atoms with Crippen molar-refractivity contribution in [3.8, 4) is 0 Å². The number of nitrogens with one attached hydrogen (secondary N) is 1. The molecule has 8 rings (SSSR count). The Bertz CT molecular complexity index is 1990. The third kappa shape index (κ3) is 4.68. The van der Waals surface area contributed by atoms with Gasteiger partial charge in [0, 0.05) is 6.54 Å². The maximum atomic E-state index is 16.0. The standard InChI is InChI=1S/C20H21FN11O10PS2/c21-8-11-7(37-18(8)31-5-28-9-14(22)24-3-26-16(9)31)1-30-45(34,35)41-13-12-19(32-6-29-10-15(23)25-4-27-17(10)32)38-20(13,42-39-12)2-36-43(33,44)40-11/h3-8,11-13,18-19,30H,1-2H2,(H,33,44)(H2,22,24,26)(H2,23,25,27)/p-1/t7-,8-,11-,12-,13+,18-,19-,20+,43?/m1/s1. The minimum absolute atomic E-state index is 0.0387. The Hall–Kier alpha value is -3.13. The first kappa shape index (κ1) is 29.3. The normalized spacial score (nSPS) is 38.1. The summed E-state index contributed by atoms with van der Waals surface area (Å²) in [6, 6.07) is 0. The molecule has 4 aromatic heterocycles. The number of rotatable bonds is 2. The number of halogens is 1. The molecule has 4 aromatic rings. The lowest BCUT2D eigenvalue weighted by Crippen LogP contribution is -2.49. The molecular formula is C20H20FN11O10PS2-. The fraction of sp³-hybridized carbons (Fsp3) is 0.500. The Labute approximate surface area is 255 Å². The van der Waals surface area contributed by atoms with E-state index >= 15 is 4.39 Å². The molecule has 0 aliphatic carbocycles. The van der Waals surface area contributed by atoms with E-state index in [0.717, 1.165) is 6.33 Å². The molecule has 9 atom stereocenters. The number of fused-ring (bicyclic) bond motifs is 3. The van der Waals surface area contributed by atoms with Crippen LogP contribution in [-0.2, 0) is 54.6 Å². The van der Waals surface area contributed by atoms with Gasteiger partial charge in [0.1, 0.15) is 49.2 Å². The van der Waals surface area contributed by atoms with Gasteiger partial charge in [-0.1, -0.05) is 11.8 Å². The van der Waals surface area contributed by atoms with Gasteiger partial charge in [-0.3, -0.25) is 9.13 Å². The van der Waals surface area contributed by atoms with E-state index in [-0.39, 0.29) is 34.0 Å². The number of hydrogen-bond acceptors (Lipinski definition) is 19. The highest BCUT2D eigenvalue weighted by molar-refractivity contribution is 8.06. The lowest BCUT2D eigenvalue weighted by molar-refractivity contribution is -0.453. The number of alkyl halides is 1. The molecule has 4 aliphatic rings. The van der Waals surface area contributed by atoms with Gasteiger partial charge in [0.05, 0.1) is 12.7 Å². The summed E-state index contributed by atoms with van der Waals surface area (Å²) in [4.78, 5) is 48.4. The summed E-state index contributed by atoms with van der Waals surface area (Å²) >= 11 is 5.09. The summed E-state index contributed by atoms with van der Waals surface area (Å²) in [5.41, 5.74) is 12.5. The first-order valence-electron chi connectivity index (χ1n) is 12.9. The molecule has 5 N–H and O–H groups in total. The quantitative estimate of drug-likeness (QED) is 0.149. The van der Waals surface area contributed by atoms with E-state index in [4.69, 9.17) is 55.8 Å². The molecule has 4 fully saturated rings. The van der Waals surface area contributed by atoms with Crippen LogP contribution in [0.1, 0.15) is 12.5 Å².